The number of hydrogen-bond donors (Lipinski definition) is 5. The molecule has 0 saturated carbocycles. The molecule has 0 bridgehead atoms. The van der Waals surface area contributed by atoms with Crippen LogP contribution in [0.5, 0.6) is 0 Å². The minimum Gasteiger partial charge on any atom is -0.323 e. The van der Waals surface area contributed by atoms with E-state index in [1.165, 1.54) is 135 Å². The minimum atomic E-state index is 0.513. The van der Waals surface area contributed by atoms with E-state index in [0.29, 0.717) is 29.7 Å². The molecule has 0 radical (unpaired) electrons. The lowest BCUT2D eigenvalue weighted by Crippen LogP contribution is -2.02. The number of aromatic nitrogens is 15. The normalized spacial score (nSPS) is 11.0. The van der Waals surface area contributed by atoms with Gasteiger partial charge in [-0.2, -0.15) is 0 Å². The standard InChI is InChI=1S/C26H28N4.4C24H24N4/c1-5-6-10-20-11-13-22(14-12-20)27-26-28-25-19(4)15-21(16-23(25)29-30-26)24-17(2)8-7-9-18(24)3;1-14-8-7-11-20(18(14)5)25-24-26-23-17(4)12-19(13-21(23)27-28-24)22-15(2)9-6-10-16(22)3;1-14-9-10-20(12-17(14)4)25-24-26-23-18(5)11-19(13-21(23)27-28-24)22-15(2)7-6-8-16(22)3;1-14-9-10-15(2)20(11-14)25-24-26-23-18(5)12-19(13-21(23)27-28-24)22-16(3)7-6-8-17(22)4;1-14-9-10-20(17(4)11-14)25-24-26-23-18(5)12-19(13-21(23)27-28-24)22-15(2)7-6-8-16(22)3/h7-9,11-16H,5-6,10H2,1-4H3,(H,27,28,30);4*6-13H,1-5H3,(H,25,26,28). The van der Waals surface area contributed by atoms with Gasteiger partial charge >= 0.3 is 0 Å². The number of anilines is 10. The molecule has 712 valence electrons. The summed E-state index contributed by atoms with van der Waals surface area (Å²) in [6.07, 6.45) is 3.54. The largest absolute Gasteiger partial charge is 0.323 e. The van der Waals surface area contributed by atoms with Crippen LogP contribution in [-0.2, 0) is 6.42 Å². The third-order valence-corrected chi connectivity index (χ3v) is 26.5. The molecule has 5 N–H and O–H groups in total. The second-order valence-electron chi connectivity index (χ2n) is 37.9. The first-order valence-corrected chi connectivity index (χ1v) is 48.6. The van der Waals surface area contributed by atoms with Gasteiger partial charge in [-0.05, 0) is 459 Å². The molecule has 0 saturated heterocycles. The predicted molar refractivity (Wildman–Crippen MR) is 590 cm³/mol. The van der Waals surface area contributed by atoms with Gasteiger partial charge in [-0.25, -0.2) is 24.9 Å². The highest BCUT2D eigenvalue weighted by molar-refractivity contribution is 5.92. The molecule has 0 unspecified atom stereocenters. The number of benzene rings is 15. The summed E-state index contributed by atoms with van der Waals surface area (Å²) < 4.78 is 0. The van der Waals surface area contributed by atoms with Gasteiger partial charge < -0.3 is 26.6 Å². The third kappa shape index (κ3) is 22.8. The maximum atomic E-state index is 4.74. The van der Waals surface area contributed by atoms with E-state index in [1.807, 2.05) is 18.2 Å². The topological polar surface area (TPSA) is 254 Å². The zero-order valence-electron chi connectivity index (χ0n) is 86.0. The van der Waals surface area contributed by atoms with Crippen molar-refractivity contribution in [3.63, 3.8) is 0 Å². The summed E-state index contributed by atoms with van der Waals surface area (Å²) in [4.78, 5) is 23.7. The fourth-order valence-corrected chi connectivity index (χ4v) is 18.7. The summed E-state index contributed by atoms with van der Waals surface area (Å²) in [5.41, 5.74) is 54.5. The van der Waals surface area contributed by atoms with E-state index >= 15 is 0 Å². The highest BCUT2D eigenvalue weighted by atomic mass is 15.3. The lowest BCUT2D eigenvalue weighted by atomic mass is 9.94. The van der Waals surface area contributed by atoms with Crippen LogP contribution in [0.25, 0.3) is 111 Å². The van der Waals surface area contributed by atoms with E-state index in [9.17, 15) is 0 Å². The van der Waals surface area contributed by atoms with E-state index in [1.54, 1.807) is 0 Å². The average Bonchev–Trinajstić information content (AvgIpc) is 0.778. The Bertz CT molecular complexity index is 7930. The molecule has 20 rings (SSSR count). The number of fused-ring (bicyclic) bond motifs is 5. The van der Waals surface area contributed by atoms with Gasteiger partial charge in [0, 0.05) is 28.4 Å². The highest BCUT2D eigenvalue weighted by Gasteiger charge is 2.21. The Morgan fingerprint density at radius 3 is 0.824 bits per heavy atom. The molecule has 20 nitrogen and oxygen atoms in total. The Labute approximate surface area is 833 Å². The lowest BCUT2D eigenvalue weighted by Gasteiger charge is -2.13. The van der Waals surface area contributed by atoms with Crippen molar-refractivity contribution in [2.24, 2.45) is 0 Å². The van der Waals surface area contributed by atoms with Crippen molar-refractivity contribution in [2.75, 3.05) is 26.6 Å². The molecule has 0 atom stereocenters. The quantitative estimate of drug-likeness (QED) is 0.0535. The molecule has 15 aromatic carbocycles. The summed E-state index contributed by atoms with van der Waals surface area (Å²) in [6, 6.07) is 86.7. The van der Waals surface area contributed by atoms with Crippen molar-refractivity contribution in [1.29, 1.82) is 0 Å². The Morgan fingerprint density at radius 2 is 0.486 bits per heavy atom. The fraction of sp³-hybridized carbons (Fsp3) is 0.221. The van der Waals surface area contributed by atoms with Crippen LogP contribution in [0.15, 0.2) is 249 Å². The first kappa shape index (κ1) is 98.7. The summed E-state index contributed by atoms with van der Waals surface area (Å²) in [5, 5.41) is 60.4. The number of nitrogens with one attached hydrogen (secondary N) is 5. The Kier molecular flexibility index (Phi) is 30.1. The van der Waals surface area contributed by atoms with Crippen LogP contribution in [0.2, 0.25) is 0 Å². The Balaban J connectivity index is 0.000000128. The first-order valence-electron chi connectivity index (χ1n) is 48.6. The van der Waals surface area contributed by atoms with Crippen LogP contribution in [0.1, 0.15) is 153 Å². The second kappa shape index (κ2) is 43.4. The molecular weight excluding hydrogens is 1750 g/mol. The number of nitrogens with zero attached hydrogens (tertiary/aromatic N) is 15. The Hall–Kier alpha value is -16.4. The number of aryl methyl sites for hydroxylation is 23. The van der Waals surface area contributed by atoms with Gasteiger partial charge in [0.15, 0.2) is 0 Å². The summed E-state index contributed by atoms with van der Waals surface area (Å²) in [7, 11) is 0. The van der Waals surface area contributed by atoms with Crippen molar-refractivity contribution in [1.82, 2.24) is 75.9 Å². The van der Waals surface area contributed by atoms with Crippen molar-refractivity contribution >= 4 is 113 Å². The van der Waals surface area contributed by atoms with Gasteiger partial charge in [-0.15, -0.1) is 51.0 Å². The molecule has 5 heterocycles. The SMILES string of the molecule is CCCCc1ccc(Nc2nnc3cc(-c4c(C)cccc4C)cc(C)c3n2)cc1.Cc1ccc(C)c(Nc2nnc3cc(-c4c(C)cccc4C)cc(C)c3n2)c1.Cc1ccc(Nc2nnc3cc(-c4c(C)cccc4C)cc(C)c3n2)c(C)c1.Cc1ccc(Nc2nnc3cc(-c4c(C)cccc4C)cc(C)c3n2)cc1C.Cc1cccc(Nc2nnc3cc(-c4c(C)cccc4C)cc(C)c3n2)c1C. The van der Waals surface area contributed by atoms with Crippen LogP contribution in [0, 0.1) is 159 Å². The highest BCUT2D eigenvalue weighted by Crippen LogP contribution is 2.39. The number of unbranched alkanes of at least 4 members (excludes halogenated alkanes) is 1. The first-order chi connectivity index (χ1) is 68.2. The van der Waals surface area contributed by atoms with Gasteiger partial charge in [0.1, 0.15) is 27.6 Å². The number of hydrogen-bond acceptors (Lipinski definition) is 20. The maximum Gasteiger partial charge on any atom is 0.247 e. The lowest BCUT2D eigenvalue weighted by molar-refractivity contribution is 0.795. The van der Waals surface area contributed by atoms with Crippen LogP contribution in [0.3, 0.4) is 0 Å². The molecule has 20 aromatic rings. The van der Waals surface area contributed by atoms with Gasteiger partial charge in [0.25, 0.3) is 0 Å². The molecule has 0 aliphatic heterocycles. The van der Waals surface area contributed by atoms with E-state index in [0.717, 1.165) is 157 Å². The average molecular weight is 1870 g/mol. The zero-order chi connectivity index (χ0) is 100. The molecule has 0 amide bonds. The second-order valence-corrected chi connectivity index (χ2v) is 37.9. The fourth-order valence-electron chi connectivity index (χ4n) is 18.7. The predicted octanol–water partition coefficient (Wildman–Crippen LogP) is 30.6. The minimum absolute atomic E-state index is 0.513. The van der Waals surface area contributed by atoms with Gasteiger partial charge in [0.05, 0.1) is 27.6 Å². The smallest absolute Gasteiger partial charge is 0.247 e. The molecule has 0 spiro atoms. The molecule has 0 aliphatic carbocycles. The Morgan fingerprint density at radius 1 is 0.197 bits per heavy atom. The van der Waals surface area contributed by atoms with Crippen LogP contribution < -0.4 is 26.6 Å². The van der Waals surface area contributed by atoms with E-state index < -0.39 is 0 Å². The molecule has 142 heavy (non-hydrogen) atoms. The number of rotatable bonds is 18. The van der Waals surface area contributed by atoms with Crippen LogP contribution in [-0.4, -0.2) is 75.9 Å². The van der Waals surface area contributed by atoms with Crippen LogP contribution in [0.4, 0.5) is 58.2 Å². The molecule has 0 fully saturated rings. The zero-order valence-corrected chi connectivity index (χ0v) is 86.0. The summed E-state index contributed by atoms with van der Waals surface area (Å²) >= 11 is 0. The van der Waals surface area contributed by atoms with E-state index in [2.05, 4.69) is 474 Å². The van der Waals surface area contributed by atoms with Crippen LogP contribution >= 0.6 is 0 Å². The monoisotopic (exact) mass is 1870 g/mol. The molecular formula is C122H124N20. The molecule has 5 aromatic heterocycles. The molecule has 0 aliphatic rings. The van der Waals surface area contributed by atoms with Gasteiger partial charge in [-0.1, -0.05) is 165 Å². The summed E-state index contributed by atoms with van der Waals surface area (Å²) in [5.74, 6) is 2.58. The molecule has 20 heteroatoms. The van der Waals surface area contributed by atoms with Crippen molar-refractivity contribution in [3.8, 4) is 55.6 Å². The third-order valence-electron chi connectivity index (χ3n) is 26.5. The van der Waals surface area contributed by atoms with E-state index in [4.69, 9.17) is 24.9 Å². The van der Waals surface area contributed by atoms with Crippen molar-refractivity contribution < 1.29 is 0 Å². The van der Waals surface area contributed by atoms with Gasteiger partial charge in [0.2, 0.25) is 29.7 Å². The van der Waals surface area contributed by atoms with Crippen molar-refractivity contribution in [2.45, 2.75) is 185 Å². The van der Waals surface area contributed by atoms with E-state index in [-0.39, 0.29) is 0 Å². The van der Waals surface area contributed by atoms with Gasteiger partial charge in [-0.3, -0.25) is 0 Å². The summed E-state index contributed by atoms with van der Waals surface area (Å²) in [6.45, 7) is 50.7. The maximum absolute atomic E-state index is 4.74. The van der Waals surface area contributed by atoms with Crippen molar-refractivity contribution in [3.05, 3.63) is 382 Å².